The lowest BCUT2D eigenvalue weighted by molar-refractivity contribution is 0.0143. The maximum absolute atomic E-state index is 12.2. The predicted octanol–water partition coefficient (Wildman–Crippen LogP) is 2.46. The van der Waals surface area contributed by atoms with Gasteiger partial charge in [-0.1, -0.05) is 13.3 Å². The molecule has 0 fully saturated rings. The molecule has 1 unspecified atom stereocenters. The highest BCUT2D eigenvalue weighted by atomic mass is 16.5. The summed E-state index contributed by atoms with van der Waals surface area (Å²) in [6.07, 6.45) is 1.53. The monoisotopic (exact) mass is 250 g/mol. The van der Waals surface area contributed by atoms with Crippen LogP contribution in [-0.4, -0.2) is 32.2 Å². The van der Waals surface area contributed by atoms with Gasteiger partial charge in [0.1, 0.15) is 18.1 Å². The normalized spacial score (nSPS) is 18.1. The fourth-order valence-corrected chi connectivity index (χ4v) is 1.86. The molecule has 0 saturated heterocycles. The maximum Gasteiger partial charge on any atom is 0.198 e. The quantitative estimate of drug-likeness (QED) is 0.753. The molecule has 1 heterocycles. The number of carbonyl (C=O) groups is 1. The number of hydrogen-bond acceptors (Lipinski definition) is 4. The largest absolute Gasteiger partial charge is 0.497 e. The molecule has 2 rings (SSSR count). The molecule has 0 spiro atoms. The van der Waals surface area contributed by atoms with E-state index in [1.807, 2.05) is 0 Å². The summed E-state index contributed by atoms with van der Waals surface area (Å²) in [6, 6.07) is 5.22. The van der Waals surface area contributed by atoms with E-state index in [9.17, 15) is 4.79 Å². The molecule has 0 bridgehead atoms. The van der Waals surface area contributed by atoms with Gasteiger partial charge < -0.3 is 14.2 Å². The summed E-state index contributed by atoms with van der Waals surface area (Å²) >= 11 is 0. The second-order valence-electron chi connectivity index (χ2n) is 4.25. The Labute approximate surface area is 107 Å². The molecular formula is C14H18O4. The fraction of sp³-hybridized carbons (Fsp3) is 0.500. The zero-order valence-corrected chi connectivity index (χ0v) is 10.8. The van der Waals surface area contributed by atoms with Gasteiger partial charge in [-0.05, 0) is 18.6 Å². The molecule has 0 radical (unpaired) electrons. The SMILES string of the molecule is CCCCOC1COc2cc(OC)ccc2C1=O. The Morgan fingerprint density at radius 2 is 2.28 bits per heavy atom. The lowest BCUT2D eigenvalue weighted by Crippen LogP contribution is -2.35. The molecule has 1 aliphatic rings. The van der Waals surface area contributed by atoms with Crippen LogP contribution in [-0.2, 0) is 4.74 Å². The van der Waals surface area contributed by atoms with Crippen LogP contribution in [0.2, 0.25) is 0 Å². The van der Waals surface area contributed by atoms with Crippen LogP contribution < -0.4 is 9.47 Å². The topological polar surface area (TPSA) is 44.8 Å². The Morgan fingerprint density at radius 1 is 1.44 bits per heavy atom. The van der Waals surface area contributed by atoms with Crippen molar-refractivity contribution in [1.82, 2.24) is 0 Å². The summed E-state index contributed by atoms with van der Waals surface area (Å²) in [5.41, 5.74) is 0.573. The zero-order valence-electron chi connectivity index (χ0n) is 10.8. The standard InChI is InChI=1S/C14H18O4/c1-3-4-7-17-13-9-18-12-8-10(16-2)5-6-11(12)14(13)15/h5-6,8,13H,3-4,7,9H2,1-2H3. The van der Waals surface area contributed by atoms with Gasteiger partial charge in [0.2, 0.25) is 0 Å². The van der Waals surface area contributed by atoms with Crippen molar-refractivity contribution >= 4 is 5.78 Å². The Balaban J connectivity index is 2.08. The third-order valence-electron chi connectivity index (χ3n) is 2.95. The van der Waals surface area contributed by atoms with Crippen LogP contribution in [0.3, 0.4) is 0 Å². The van der Waals surface area contributed by atoms with Gasteiger partial charge in [0.25, 0.3) is 0 Å². The summed E-state index contributed by atoms with van der Waals surface area (Å²) in [4.78, 5) is 12.2. The molecule has 4 nitrogen and oxygen atoms in total. The van der Waals surface area contributed by atoms with Gasteiger partial charge in [-0.25, -0.2) is 0 Å². The summed E-state index contributed by atoms with van der Waals surface area (Å²) < 4.78 is 16.2. The number of ketones is 1. The van der Waals surface area contributed by atoms with Crippen molar-refractivity contribution in [2.24, 2.45) is 0 Å². The van der Waals surface area contributed by atoms with E-state index in [0.29, 0.717) is 23.7 Å². The van der Waals surface area contributed by atoms with Crippen molar-refractivity contribution in [3.8, 4) is 11.5 Å². The first-order valence-corrected chi connectivity index (χ1v) is 6.23. The predicted molar refractivity (Wildman–Crippen MR) is 67.5 cm³/mol. The highest BCUT2D eigenvalue weighted by molar-refractivity contribution is 6.03. The number of rotatable bonds is 5. The maximum atomic E-state index is 12.2. The summed E-state index contributed by atoms with van der Waals surface area (Å²) in [5, 5.41) is 0. The molecule has 1 aromatic carbocycles. The van der Waals surface area contributed by atoms with Crippen molar-refractivity contribution in [2.75, 3.05) is 20.3 Å². The zero-order chi connectivity index (χ0) is 13.0. The van der Waals surface area contributed by atoms with E-state index in [2.05, 4.69) is 6.92 Å². The number of hydrogen-bond donors (Lipinski definition) is 0. The Hall–Kier alpha value is -1.55. The number of ether oxygens (including phenoxy) is 3. The van der Waals surface area contributed by atoms with Gasteiger partial charge >= 0.3 is 0 Å². The van der Waals surface area contributed by atoms with E-state index >= 15 is 0 Å². The second kappa shape index (κ2) is 5.87. The average molecular weight is 250 g/mol. The number of Topliss-reactive ketones (excluding diaryl/α,β-unsaturated/α-hetero) is 1. The van der Waals surface area contributed by atoms with Crippen molar-refractivity contribution in [3.05, 3.63) is 23.8 Å². The van der Waals surface area contributed by atoms with Gasteiger partial charge in [0, 0.05) is 12.7 Å². The van der Waals surface area contributed by atoms with Crippen molar-refractivity contribution in [2.45, 2.75) is 25.9 Å². The molecule has 0 saturated carbocycles. The van der Waals surface area contributed by atoms with E-state index < -0.39 is 6.10 Å². The molecule has 18 heavy (non-hydrogen) atoms. The highest BCUT2D eigenvalue weighted by Gasteiger charge is 2.29. The summed E-state index contributed by atoms with van der Waals surface area (Å²) in [7, 11) is 1.59. The van der Waals surface area contributed by atoms with Crippen LogP contribution in [0.15, 0.2) is 18.2 Å². The first-order chi connectivity index (χ1) is 8.76. The number of carbonyl (C=O) groups excluding carboxylic acids is 1. The van der Waals surface area contributed by atoms with E-state index in [1.165, 1.54) is 0 Å². The molecule has 1 atom stereocenters. The van der Waals surface area contributed by atoms with Crippen molar-refractivity contribution in [3.63, 3.8) is 0 Å². The lowest BCUT2D eigenvalue weighted by atomic mass is 10.0. The van der Waals surface area contributed by atoms with Crippen LogP contribution in [0.25, 0.3) is 0 Å². The second-order valence-corrected chi connectivity index (χ2v) is 4.25. The third-order valence-corrected chi connectivity index (χ3v) is 2.95. The molecule has 0 amide bonds. The number of unbranched alkanes of at least 4 members (excludes halogenated alkanes) is 1. The van der Waals surface area contributed by atoms with E-state index in [-0.39, 0.29) is 12.4 Å². The molecule has 0 aromatic heterocycles. The first-order valence-electron chi connectivity index (χ1n) is 6.23. The van der Waals surface area contributed by atoms with Crippen LogP contribution >= 0.6 is 0 Å². The van der Waals surface area contributed by atoms with Gasteiger partial charge in [-0.15, -0.1) is 0 Å². The Bertz CT molecular complexity index is 428. The molecule has 1 aliphatic heterocycles. The Kier molecular flexibility index (Phi) is 4.20. The van der Waals surface area contributed by atoms with Gasteiger partial charge in [0.15, 0.2) is 11.9 Å². The fourth-order valence-electron chi connectivity index (χ4n) is 1.86. The van der Waals surface area contributed by atoms with Crippen LogP contribution in [0.1, 0.15) is 30.1 Å². The first kappa shape index (κ1) is 12.9. The van der Waals surface area contributed by atoms with Crippen molar-refractivity contribution in [1.29, 1.82) is 0 Å². The highest BCUT2D eigenvalue weighted by Crippen LogP contribution is 2.29. The molecule has 0 N–H and O–H groups in total. The number of benzene rings is 1. The Morgan fingerprint density at radius 3 is 3.00 bits per heavy atom. The number of methoxy groups -OCH3 is 1. The minimum Gasteiger partial charge on any atom is -0.497 e. The smallest absolute Gasteiger partial charge is 0.198 e. The van der Waals surface area contributed by atoms with E-state index in [1.54, 1.807) is 25.3 Å². The third kappa shape index (κ3) is 2.64. The molecular weight excluding hydrogens is 232 g/mol. The molecule has 4 heteroatoms. The average Bonchev–Trinajstić information content (AvgIpc) is 2.41. The van der Waals surface area contributed by atoms with E-state index in [4.69, 9.17) is 14.2 Å². The number of fused-ring (bicyclic) bond motifs is 1. The molecule has 1 aromatic rings. The van der Waals surface area contributed by atoms with Crippen molar-refractivity contribution < 1.29 is 19.0 Å². The van der Waals surface area contributed by atoms with E-state index in [0.717, 1.165) is 12.8 Å². The van der Waals surface area contributed by atoms with Crippen LogP contribution in [0.5, 0.6) is 11.5 Å². The minimum absolute atomic E-state index is 0.00462. The minimum atomic E-state index is -0.475. The van der Waals surface area contributed by atoms with Gasteiger partial charge in [0.05, 0.1) is 12.7 Å². The summed E-state index contributed by atoms with van der Waals surface area (Å²) in [6.45, 7) is 2.97. The van der Waals surface area contributed by atoms with Gasteiger partial charge in [-0.2, -0.15) is 0 Å². The lowest BCUT2D eigenvalue weighted by Gasteiger charge is -2.24. The molecule has 0 aliphatic carbocycles. The summed E-state index contributed by atoms with van der Waals surface area (Å²) in [5.74, 6) is 1.26. The van der Waals surface area contributed by atoms with Crippen LogP contribution in [0, 0.1) is 0 Å². The molecule has 98 valence electrons. The van der Waals surface area contributed by atoms with Gasteiger partial charge in [-0.3, -0.25) is 4.79 Å². The van der Waals surface area contributed by atoms with Crippen LogP contribution in [0.4, 0.5) is 0 Å².